The zero-order chi connectivity index (χ0) is 13.8. The van der Waals surface area contributed by atoms with Gasteiger partial charge in [0.25, 0.3) is 0 Å². The van der Waals surface area contributed by atoms with Crippen molar-refractivity contribution in [1.82, 2.24) is 14.9 Å². The maximum atomic E-state index is 5.82. The maximum absolute atomic E-state index is 5.82. The molecule has 0 radical (unpaired) electrons. The molecule has 1 fully saturated rings. The normalized spacial score (nSPS) is 16.9. The van der Waals surface area contributed by atoms with Crippen molar-refractivity contribution >= 4 is 11.6 Å². The van der Waals surface area contributed by atoms with E-state index in [1.807, 2.05) is 0 Å². The topological polar surface area (TPSA) is 67.5 Å². The molecule has 0 unspecified atom stereocenters. The Labute approximate surface area is 114 Å². The van der Waals surface area contributed by atoms with Gasteiger partial charge in [-0.15, -0.1) is 0 Å². The molecule has 0 aromatic carbocycles. The molecular weight excluding hydrogens is 242 g/mol. The molecule has 1 aliphatic rings. The highest BCUT2D eigenvalue weighted by molar-refractivity contribution is 5.62. The van der Waals surface area contributed by atoms with E-state index < -0.39 is 0 Å². The number of piperazine rings is 1. The van der Waals surface area contributed by atoms with Gasteiger partial charge in [-0.3, -0.25) is 4.90 Å². The zero-order valence-corrected chi connectivity index (χ0v) is 12.0. The van der Waals surface area contributed by atoms with Gasteiger partial charge in [0.2, 0.25) is 5.75 Å². The summed E-state index contributed by atoms with van der Waals surface area (Å²) < 4.78 is 5.32. The smallest absolute Gasteiger partial charge is 0.204 e. The third-order valence-electron chi connectivity index (χ3n) is 3.31. The first-order valence-electron chi connectivity index (χ1n) is 6.73. The second kappa shape index (κ2) is 6.06. The van der Waals surface area contributed by atoms with Crippen molar-refractivity contribution in [2.24, 2.45) is 5.92 Å². The van der Waals surface area contributed by atoms with E-state index in [1.165, 1.54) is 6.33 Å². The van der Waals surface area contributed by atoms with Crippen molar-refractivity contribution in [2.45, 2.75) is 13.8 Å². The second-order valence-electron chi connectivity index (χ2n) is 5.30. The van der Waals surface area contributed by atoms with E-state index in [9.17, 15) is 0 Å². The van der Waals surface area contributed by atoms with Crippen molar-refractivity contribution in [1.29, 1.82) is 0 Å². The molecular formula is C13H23N5O. The molecule has 1 aliphatic heterocycles. The van der Waals surface area contributed by atoms with Crippen LogP contribution in [0.15, 0.2) is 6.33 Å². The summed E-state index contributed by atoms with van der Waals surface area (Å²) in [7, 11) is 1.60. The molecule has 0 bridgehead atoms. The molecule has 1 aromatic rings. The van der Waals surface area contributed by atoms with E-state index in [4.69, 9.17) is 10.5 Å². The molecule has 0 amide bonds. The third-order valence-corrected chi connectivity index (χ3v) is 3.31. The predicted molar refractivity (Wildman–Crippen MR) is 76.5 cm³/mol. The Morgan fingerprint density at radius 3 is 2.53 bits per heavy atom. The summed E-state index contributed by atoms with van der Waals surface area (Å²) >= 11 is 0. The van der Waals surface area contributed by atoms with Crippen LogP contribution in [-0.2, 0) is 0 Å². The van der Waals surface area contributed by atoms with Gasteiger partial charge in [0.05, 0.1) is 7.11 Å². The fourth-order valence-corrected chi connectivity index (χ4v) is 2.46. The maximum Gasteiger partial charge on any atom is 0.204 e. The minimum absolute atomic E-state index is 0.400. The number of nitrogens with zero attached hydrogens (tertiary/aromatic N) is 4. The van der Waals surface area contributed by atoms with Gasteiger partial charge in [-0.2, -0.15) is 0 Å². The van der Waals surface area contributed by atoms with Gasteiger partial charge < -0.3 is 15.4 Å². The second-order valence-corrected chi connectivity index (χ2v) is 5.30. The molecule has 0 spiro atoms. The SMILES string of the molecule is COc1c(N)ncnc1N1CCN(CC(C)C)CC1. The molecule has 19 heavy (non-hydrogen) atoms. The number of rotatable bonds is 4. The summed E-state index contributed by atoms with van der Waals surface area (Å²) in [4.78, 5) is 13.0. The number of nitrogens with two attached hydrogens (primary N) is 1. The van der Waals surface area contributed by atoms with Gasteiger partial charge in [0, 0.05) is 32.7 Å². The van der Waals surface area contributed by atoms with Crippen LogP contribution in [0.2, 0.25) is 0 Å². The summed E-state index contributed by atoms with van der Waals surface area (Å²) in [6.45, 7) is 9.63. The Bertz CT molecular complexity index is 415. The standard InChI is InChI=1S/C13H23N5O/c1-10(2)8-17-4-6-18(7-5-17)13-11(19-3)12(14)15-9-16-13/h9-10H,4-8H2,1-3H3,(H2,14,15,16). The van der Waals surface area contributed by atoms with Crippen LogP contribution in [0.3, 0.4) is 0 Å². The number of aromatic nitrogens is 2. The highest BCUT2D eigenvalue weighted by atomic mass is 16.5. The van der Waals surface area contributed by atoms with Crippen LogP contribution in [-0.4, -0.2) is 54.7 Å². The van der Waals surface area contributed by atoms with Gasteiger partial charge in [0.1, 0.15) is 6.33 Å². The van der Waals surface area contributed by atoms with Crippen molar-refractivity contribution in [3.63, 3.8) is 0 Å². The van der Waals surface area contributed by atoms with Crippen LogP contribution in [0.25, 0.3) is 0 Å². The lowest BCUT2D eigenvalue weighted by Crippen LogP contribution is -2.47. The average molecular weight is 265 g/mol. The lowest BCUT2D eigenvalue weighted by Gasteiger charge is -2.36. The first-order chi connectivity index (χ1) is 9.11. The Morgan fingerprint density at radius 1 is 1.26 bits per heavy atom. The monoisotopic (exact) mass is 265 g/mol. The lowest BCUT2D eigenvalue weighted by atomic mass is 10.2. The highest BCUT2D eigenvalue weighted by Crippen LogP contribution is 2.30. The highest BCUT2D eigenvalue weighted by Gasteiger charge is 2.22. The summed E-state index contributed by atoms with van der Waals surface area (Å²) in [5, 5.41) is 0. The third kappa shape index (κ3) is 3.26. The van der Waals surface area contributed by atoms with E-state index in [1.54, 1.807) is 7.11 Å². The van der Waals surface area contributed by atoms with E-state index in [0.717, 1.165) is 38.5 Å². The number of hydrogen-bond acceptors (Lipinski definition) is 6. The molecule has 1 aromatic heterocycles. The minimum atomic E-state index is 0.400. The quantitative estimate of drug-likeness (QED) is 0.870. The Hall–Kier alpha value is -1.56. The van der Waals surface area contributed by atoms with Crippen LogP contribution in [0.5, 0.6) is 5.75 Å². The van der Waals surface area contributed by atoms with Gasteiger partial charge in [0.15, 0.2) is 11.6 Å². The van der Waals surface area contributed by atoms with Crippen LogP contribution in [0.4, 0.5) is 11.6 Å². The summed E-state index contributed by atoms with van der Waals surface area (Å²) in [5.41, 5.74) is 5.82. The number of hydrogen-bond donors (Lipinski definition) is 1. The van der Waals surface area contributed by atoms with Gasteiger partial charge >= 0.3 is 0 Å². The van der Waals surface area contributed by atoms with Crippen molar-refractivity contribution < 1.29 is 4.74 Å². The molecule has 1 saturated heterocycles. The van der Waals surface area contributed by atoms with Crippen molar-refractivity contribution in [2.75, 3.05) is 50.5 Å². The first-order valence-corrected chi connectivity index (χ1v) is 6.73. The molecule has 6 nitrogen and oxygen atoms in total. The molecule has 2 heterocycles. The number of nitrogen functional groups attached to an aromatic ring is 1. The van der Waals surface area contributed by atoms with E-state index >= 15 is 0 Å². The number of anilines is 2. The number of ether oxygens (including phenoxy) is 1. The van der Waals surface area contributed by atoms with Crippen molar-refractivity contribution in [3.05, 3.63) is 6.33 Å². The lowest BCUT2D eigenvalue weighted by molar-refractivity contribution is 0.230. The molecule has 2 rings (SSSR count). The molecule has 0 aliphatic carbocycles. The van der Waals surface area contributed by atoms with Crippen LogP contribution < -0.4 is 15.4 Å². The summed E-state index contributed by atoms with van der Waals surface area (Å²) in [6.07, 6.45) is 1.49. The Kier molecular flexibility index (Phi) is 4.42. The van der Waals surface area contributed by atoms with Crippen LogP contribution in [0, 0.1) is 5.92 Å². The summed E-state index contributed by atoms with van der Waals surface area (Å²) in [5.74, 6) is 2.49. The predicted octanol–water partition coefficient (Wildman–Crippen LogP) is 0.845. The van der Waals surface area contributed by atoms with E-state index in [0.29, 0.717) is 17.5 Å². The molecule has 0 atom stereocenters. The van der Waals surface area contributed by atoms with Crippen LogP contribution >= 0.6 is 0 Å². The first kappa shape index (κ1) is 13.9. The Morgan fingerprint density at radius 2 is 1.95 bits per heavy atom. The van der Waals surface area contributed by atoms with E-state index in [2.05, 4.69) is 33.6 Å². The largest absolute Gasteiger partial charge is 0.490 e. The van der Waals surface area contributed by atoms with Crippen LogP contribution in [0.1, 0.15) is 13.8 Å². The average Bonchev–Trinajstić information content (AvgIpc) is 2.38. The number of methoxy groups -OCH3 is 1. The minimum Gasteiger partial charge on any atom is -0.490 e. The fraction of sp³-hybridized carbons (Fsp3) is 0.692. The molecule has 6 heteroatoms. The molecule has 0 saturated carbocycles. The fourth-order valence-electron chi connectivity index (χ4n) is 2.46. The zero-order valence-electron chi connectivity index (χ0n) is 12.0. The van der Waals surface area contributed by atoms with E-state index in [-0.39, 0.29) is 0 Å². The van der Waals surface area contributed by atoms with Crippen molar-refractivity contribution in [3.8, 4) is 5.75 Å². The van der Waals surface area contributed by atoms with Gasteiger partial charge in [-0.1, -0.05) is 13.8 Å². The molecule has 2 N–H and O–H groups in total. The Balaban J connectivity index is 2.03. The summed E-state index contributed by atoms with van der Waals surface area (Å²) in [6, 6.07) is 0. The van der Waals surface area contributed by atoms with Gasteiger partial charge in [-0.05, 0) is 5.92 Å². The molecule has 106 valence electrons. The van der Waals surface area contributed by atoms with Gasteiger partial charge in [-0.25, -0.2) is 9.97 Å².